The summed E-state index contributed by atoms with van der Waals surface area (Å²) < 4.78 is 5.29. The highest BCUT2D eigenvalue weighted by molar-refractivity contribution is 6.18. The molecule has 0 atom stereocenters. The largest absolute Gasteiger partial charge is 0.496 e. The van der Waals surface area contributed by atoms with Crippen molar-refractivity contribution in [2.24, 2.45) is 0 Å². The fourth-order valence-electron chi connectivity index (χ4n) is 2.46. The summed E-state index contributed by atoms with van der Waals surface area (Å²) in [6, 6.07) is 7.68. The SMILES string of the molecule is COc1ccccc1CC(=O)N1CCN(CCCl)CC1. The normalized spacial score (nSPS) is 16.2. The van der Waals surface area contributed by atoms with Gasteiger partial charge in [-0.25, -0.2) is 0 Å². The molecule has 1 aliphatic rings. The summed E-state index contributed by atoms with van der Waals surface area (Å²) in [4.78, 5) is 16.5. The molecule has 0 aliphatic carbocycles. The first-order chi connectivity index (χ1) is 9.74. The molecule has 0 saturated carbocycles. The summed E-state index contributed by atoms with van der Waals surface area (Å²) >= 11 is 5.74. The van der Waals surface area contributed by atoms with Gasteiger partial charge in [-0.15, -0.1) is 11.6 Å². The van der Waals surface area contributed by atoms with Crippen LogP contribution < -0.4 is 4.74 Å². The number of piperazine rings is 1. The Hall–Kier alpha value is -1.26. The van der Waals surface area contributed by atoms with Crippen LogP contribution in [0.2, 0.25) is 0 Å². The molecular weight excluding hydrogens is 276 g/mol. The third-order valence-corrected chi connectivity index (χ3v) is 3.83. The third-order valence-electron chi connectivity index (χ3n) is 3.66. The molecule has 0 radical (unpaired) electrons. The molecule has 20 heavy (non-hydrogen) atoms. The van der Waals surface area contributed by atoms with E-state index in [9.17, 15) is 4.79 Å². The molecule has 1 heterocycles. The zero-order valence-electron chi connectivity index (χ0n) is 11.8. The second-order valence-electron chi connectivity index (χ2n) is 4.90. The molecule has 0 aromatic heterocycles. The molecule has 1 amide bonds. The van der Waals surface area contributed by atoms with Gasteiger partial charge < -0.3 is 9.64 Å². The topological polar surface area (TPSA) is 32.8 Å². The van der Waals surface area contributed by atoms with Crippen LogP contribution in [0, 0.1) is 0 Å². The molecule has 0 unspecified atom stereocenters. The number of nitrogens with zero attached hydrogens (tertiary/aromatic N) is 2. The smallest absolute Gasteiger partial charge is 0.227 e. The van der Waals surface area contributed by atoms with Crippen LogP contribution in [-0.4, -0.2) is 61.4 Å². The zero-order chi connectivity index (χ0) is 14.4. The van der Waals surface area contributed by atoms with E-state index in [-0.39, 0.29) is 5.91 Å². The monoisotopic (exact) mass is 296 g/mol. The van der Waals surface area contributed by atoms with Gasteiger partial charge in [0, 0.05) is 44.2 Å². The summed E-state index contributed by atoms with van der Waals surface area (Å²) in [5.41, 5.74) is 0.947. The van der Waals surface area contributed by atoms with Gasteiger partial charge in [0.2, 0.25) is 5.91 Å². The average Bonchev–Trinajstić information content (AvgIpc) is 2.49. The van der Waals surface area contributed by atoms with Crippen LogP contribution in [0.3, 0.4) is 0 Å². The maximum Gasteiger partial charge on any atom is 0.227 e. The number of rotatable bonds is 5. The third kappa shape index (κ3) is 3.87. The van der Waals surface area contributed by atoms with Crippen LogP contribution in [0.1, 0.15) is 5.56 Å². The number of carbonyl (C=O) groups is 1. The quantitative estimate of drug-likeness (QED) is 0.774. The number of halogens is 1. The molecule has 1 aliphatic heterocycles. The van der Waals surface area contributed by atoms with Gasteiger partial charge in [0.15, 0.2) is 0 Å². The number of hydrogen-bond acceptors (Lipinski definition) is 3. The number of para-hydroxylation sites is 1. The Morgan fingerprint density at radius 1 is 1.25 bits per heavy atom. The summed E-state index contributed by atoms with van der Waals surface area (Å²) in [6.07, 6.45) is 0.402. The van der Waals surface area contributed by atoms with E-state index < -0.39 is 0 Å². The molecule has 1 aromatic carbocycles. The maximum absolute atomic E-state index is 12.3. The number of carbonyl (C=O) groups excluding carboxylic acids is 1. The molecule has 0 bridgehead atoms. The van der Waals surface area contributed by atoms with Crippen molar-refractivity contribution < 1.29 is 9.53 Å². The minimum atomic E-state index is 0.167. The highest BCUT2D eigenvalue weighted by atomic mass is 35.5. The minimum absolute atomic E-state index is 0.167. The molecule has 0 spiro atoms. The lowest BCUT2D eigenvalue weighted by molar-refractivity contribution is -0.132. The lowest BCUT2D eigenvalue weighted by Gasteiger charge is -2.34. The van der Waals surface area contributed by atoms with Gasteiger partial charge in [0.25, 0.3) is 0 Å². The van der Waals surface area contributed by atoms with Gasteiger partial charge in [0.05, 0.1) is 13.5 Å². The van der Waals surface area contributed by atoms with Crippen molar-refractivity contribution in [1.82, 2.24) is 9.80 Å². The van der Waals surface area contributed by atoms with Crippen LogP contribution in [0.15, 0.2) is 24.3 Å². The molecular formula is C15H21ClN2O2. The lowest BCUT2D eigenvalue weighted by atomic mass is 10.1. The number of amides is 1. The van der Waals surface area contributed by atoms with Gasteiger partial charge >= 0.3 is 0 Å². The molecule has 1 saturated heterocycles. The van der Waals surface area contributed by atoms with Crippen LogP contribution in [0.25, 0.3) is 0 Å². The number of ether oxygens (including phenoxy) is 1. The van der Waals surface area contributed by atoms with E-state index in [1.54, 1.807) is 7.11 Å². The van der Waals surface area contributed by atoms with Crippen LogP contribution >= 0.6 is 11.6 Å². The van der Waals surface area contributed by atoms with Crippen molar-refractivity contribution in [1.29, 1.82) is 0 Å². The van der Waals surface area contributed by atoms with Crippen molar-refractivity contribution in [3.63, 3.8) is 0 Å². The molecule has 4 nitrogen and oxygen atoms in total. The van der Waals surface area contributed by atoms with Crippen molar-refractivity contribution in [3.05, 3.63) is 29.8 Å². The Bertz CT molecular complexity index is 445. The summed E-state index contributed by atoms with van der Waals surface area (Å²) in [5.74, 6) is 1.59. The molecule has 5 heteroatoms. The summed E-state index contributed by atoms with van der Waals surface area (Å²) in [6.45, 7) is 4.28. The molecule has 1 aromatic rings. The maximum atomic E-state index is 12.3. The number of benzene rings is 1. The first-order valence-corrected chi connectivity index (χ1v) is 7.46. The first-order valence-electron chi connectivity index (χ1n) is 6.92. The van der Waals surface area contributed by atoms with Crippen LogP contribution in [0.4, 0.5) is 0 Å². The predicted octanol–water partition coefficient (Wildman–Crippen LogP) is 1.62. The number of alkyl halides is 1. The molecule has 0 N–H and O–H groups in total. The highest BCUT2D eigenvalue weighted by Gasteiger charge is 2.21. The Morgan fingerprint density at radius 3 is 2.60 bits per heavy atom. The Labute approximate surface area is 125 Å². The Morgan fingerprint density at radius 2 is 1.95 bits per heavy atom. The second kappa shape index (κ2) is 7.50. The van der Waals surface area contributed by atoms with Crippen molar-refractivity contribution in [2.75, 3.05) is 45.7 Å². The summed E-state index contributed by atoms with van der Waals surface area (Å²) in [5, 5.41) is 0. The Kier molecular flexibility index (Phi) is 5.68. The number of methoxy groups -OCH3 is 1. The minimum Gasteiger partial charge on any atom is -0.496 e. The first kappa shape index (κ1) is 15.1. The lowest BCUT2D eigenvalue weighted by Crippen LogP contribution is -2.49. The molecule has 1 fully saturated rings. The van der Waals surface area contributed by atoms with E-state index in [0.717, 1.165) is 44.0 Å². The standard InChI is InChI=1S/C15H21ClN2O2/c1-20-14-5-3-2-4-13(14)12-15(19)18-10-8-17(7-6-16)9-11-18/h2-5H,6-12H2,1H3. The van der Waals surface area contributed by atoms with E-state index in [0.29, 0.717) is 12.3 Å². The van der Waals surface area contributed by atoms with E-state index in [4.69, 9.17) is 16.3 Å². The van der Waals surface area contributed by atoms with Gasteiger partial charge in [-0.05, 0) is 6.07 Å². The van der Waals surface area contributed by atoms with Gasteiger partial charge in [-0.3, -0.25) is 9.69 Å². The van der Waals surface area contributed by atoms with Crippen molar-refractivity contribution >= 4 is 17.5 Å². The Balaban J connectivity index is 1.89. The van der Waals surface area contributed by atoms with Gasteiger partial charge in [-0.2, -0.15) is 0 Å². The fraction of sp³-hybridized carbons (Fsp3) is 0.533. The predicted molar refractivity (Wildman–Crippen MR) is 80.4 cm³/mol. The fourth-order valence-corrected chi connectivity index (χ4v) is 2.70. The molecule has 2 rings (SSSR count). The van der Waals surface area contributed by atoms with E-state index in [1.165, 1.54) is 0 Å². The van der Waals surface area contributed by atoms with Gasteiger partial charge in [0.1, 0.15) is 5.75 Å². The van der Waals surface area contributed by atoms with Crippen molar-refractivity contribution in [2.45, 2.75) is 6.42 Å². The molecule has 110 valence electrons. The highest BCUT2D eigenvalue weighted by Crippen LogP contribution is 2.18. The van der Waals surface area contributed by atoms with E-state index >= 15 is 0 Å². The average molecular weight is 297 g/mol. The van der Waals surface area contributed by atoms with Crippen LogP contribution in [0.5, 0.6) is 5.75 Å². The summed E-state index contributed by atoms with van der Waals surface area (Å²) in [7, 11) is 1.63. The second-order valence-corrected chi connectivity index (χ2v) is 5.28. The van der Waals surface area contributed by atoms with Gasteiger partial charge in [-0.1, -0.05) is 18.2 Å². The van der Waals surface area contributed by atoms with Crippen LogP contribution in [-0.2, 0) is 11.2 Å². The van der Waals surface area contributed by atoms with E-state index in [2.05, 4.69) is 4.90 Å². The van der Waals surface area contributed by atoms with E-state index in [1.807, 2.05) is 29.2 Å². The zero-order valence-corrected chi connectivity index (χ0v) is 12.6. The van der Waals surface area contributed by atoms with Crippen molar-refractivity contribution in [3.8, 4) is 5.75 Å². The number of hydrogen-bond donors (Lipinski definition) is 0.